The molecule has 0 amide bonds. The average molecular weight is 217 g/mol. The fraction of sp³-hybridized carbons (Fsp3) is 0.600. The summed E-state index contributed by atoms with van der Waals surface area (Å²) >= 11 is 0. The normalized spacial score (nSPS) is 20.9. The van der Waals surface area contributed by atoms with Crippen molar-refractivity contribution in [1.29, 1.82) is 0 Å². The van der Waals surface area contributed by atoms with E-state index in [4.69, 9.17) is 0 Å². The number of rotatable bonds is 3. The zero-order valence-electron chi connectivity index (χ0n) is 10.5. The van der Waals surface area contributed by atoms with E-state index in [-0.39, 0.29) is 0 Å². The summed E-state index contributed by atoms with van der Waals surface area (Å²) in [6.07, 6.45) is 3.95. The highest BCUT2D eigenvalue weighted by atomic mass is 15.2. The molecular formula is C15H23N. The minimum atomic E-state index is 0.633. The second kappa shape index (κ2) is 5.49. The summed E-state index contributed by atoms with van der Waals surface area (Å²) in [5.41, 5.74) is 1.49. The smallest absolute Gasteiger partial charge is 0.0345 e. The average Bonchev–Trinajstić information content (AvgIpc) is 2.34. The Morgan fingerprint density at radius 1 is 1.19 bits per heavy atom. The molecule has 1 aliphatic heterocycles. The van der Waals surface area contributed by atoms with Gasteiger partial charge in [-0.2, -0.15) is 0 Å². The van der Waals surface area contributed by atoms with Crippen molar-refractivity contribution in [3.63, 3.8) is 0 Å². The van der Waals surface area contributed by atoms with Crippen molar-refractivity contribution in [3.8, 4) is 0 Å². The summed E-state index contributed by atoms with van der Waals surface area (Å²) in [7, 11) is 0. The van der Waals surface area contributed by atoms with Gasteiger partial charge in [-0.25, -0.2) is 0 Å². The molecule has 1 heteroatoms. The van der Waals surface area contributed by atoms with Crippen LogP contribution in [0.5, 0.6) is 0 Å². The molecule has 16 heavy (non-hydrogen) atoms. The highest BCUT2D eigenvalue weighted by Crippen LogP contribution is 2.28. The third kappa shape index (κ3) is 2.65. The van der Waals surface area contributed by atoms with Crippen LogP contribution in [0.25, 0.3) is 0 Å². The number of nitrogens with zero attached hydrogens (tertiary/aromatic N) is 1. The zero-order chi connectivity index (χ0) is 11.4. The van der Waals surface area contributed by atoms with Gasteiger partial charge in [0.2, 0.25) is 0 Å². The first-order valence-electron chi connectivity index (χ1n) is 6.60. The van der Waals surface area contributed by atoms with Crippen molar-refractivity contribution in [2.24, 2.45) is 5.92 Å². The van der Waals surface area contributed by atoms with Gasteiger partial charge >= 0.3 is 0 Å². The van der Waals surface area contributed by atoms with Crippen molar-refractivity contribution >= 4 is 0 Å². The molecule has 1 aliphatic rings. The van der Waals surface area contributed by atoms with Crippen LogP contribution in [0.15, 0.2) is 30.3 Å². The minimum Gasteiger partial charge on any atom is -0.296 e. The summed E-state index contributed by atoms with van der Waals surface area (Å²) < 4.78 is 0. The Morgan fingerprint density at radius 3 is 2.38 bits per heavy atom. The van der Waals surface area contributed by atoms with E-state index in [1.807, 2.05) is 0 Å². The molecule has 0 spiro atoms. The van der Waals surface area contributed by atoms with Gasteiger partial charge < -0.3 is 0 Å². The van der Waals surface area contributed by atoms with Crippen LogP contribution in [0.3, 0.4) is 0 Å². The molecule has 0 N–H and O–H groups in total. The fourth-order valence-electron chi connectivity index (χ4n) is 2.72. The van der Waals surface area contributed by atoms with Crippen LogP contribution < -0.4 is 0 Å². The number of likely N-dealkylation sites (tertiary alicyclic amines) is 1. The minimum absolute atomic E-state index is 0.633. The molecule has 0 radical (unpaired) electrons. The number of hydrogen-bond donors (Lipinski definition) is 0. The molecule has 1 heterocycles. The van der Waals surface area contributed by atoms with Crippen LogP contribution in [0.2, 0.25) is 0 Å². The lowest BCUT2D eigenvalue weighted by molar-refractivity contribution is 0.134. The van der Waals surface area contributed by atoms with Crippen LogP contribution in [0.1, 0.15) is 44.7 Å². The predicted octanol–water partition coefficient (Wildman–Crippen LogP) is 3.87. The number of hydrogen-bond acceptors (Lipinski definition) is 1. The molecule has 1 aromatic rings. The lowest BCUT2D eigenvalue weighted by Gasteiger charge is -2.36. The van der Waals surface area contributed by atoms with Crippen LogP contribution in [-0.4, -0.2) is 18.0 Å². The first-order chi connectivity index (χ1) is 7.81. The lowest BCUT2D eigenvalue weighted by atomic mass is 9.95. The maximum absolute atomic E-state index is 2.66. The fourth-order valence-corrected chi connectivity index (χ4v) is 2.72. The van der Waals surface area contributed by atoms with Gasteiger partial charge in [0.05, 0.1) is 0 Å². The highest BCUT2D eigenvalue weighted by Gasteiger charge is 2.22. The van der Waals surface area contributed by atoms with Crippen LogP contribution >= 0.6 is 0 Å². The Kier molecular flexibility index (Phi) is 4.00. The molecular weight excluding hydrogens is 194 g/mol. The van der Waals surface area contributed by atoms with Crippen LogP contribution in [-0.2, 0) is 0 Å². The molecule has 1 fully saturated rings. The van der Waals surface area contributed by atoms with Crippen molar-refractivity contribution in [2.75, 3.05) is 13.1 Å². The van der Waals surface area contributed by atoms with Gasteiger partial charge in [-0.3, -0.25) is 4.90 Å². The Balaban J connectivity index is 2.05. The maximum Gasteiger partial charge on any atom is 0.0345 e. The highest BCUT2D eigenvalue weighted by molar-refractivity contribution is 5.19. The van der Waals surface area contributed by atoms with E-state index in [0.29, 0.717) is 6.04 Å². The molecule has 0 aromatic heterocycles. The Bertz CT molecular complexity index is 298. The van der Waals surface area contributed by atoms with Gasteiger partial charge in [-0.1, -0.05) is 44.2 Å². The maximum atomic E-state index is 2.66. The molecule has 1 aromatic carbocycles. The Labute approximate surface area is 99.5 Å². The van der Waals surface area contributed by atoms with Crippen LogP contribution in [0.4, 0.5) is 0 Å². The van der Waals surface area contributed by atoms with Crippen LogP contribution in [0, 0.1) is 5.92 Å². The van der Waals surface area contributed by atoms with E-state index in [2.05, 4.69) is 49.1 Å². The summed E-state index contributed by atoms with van der Waals surface area (Å²) in [5, 5.41) is 0. The van der Waals surface area contributed by atoms with E-state index < -0.39 is 0 Å². The molecule has 1 unspecified atom stereocenters. The molecule has 0 aliphatic carbocycles. The van der Waals surface area contributed by atoms with Gasteiger partial charge in [0.15, 0.2) is 0 Å². The third-order valence-corrected chi connectivity index (χ3v) is 3.83. The van der Waals surface area contributed by atoms with E-state index in [9.17, 15) is 0 Å². The van der Waals surface area contributed by atoms with E-state index in [1.165, 1.54) is 37.9 Å². The SMILES string of the molecule is CCC(c1ccccc1)N1CCC(C)CC1. The number of benzene rings is 1. The van der Waals surface area contributed by atoms with E-state index in [0.717, 1.165) is 5.92 Å². The van der Waals surface area contributed by atoms with E-state index in [1.54, 1.807) is 0 Å². The zero-order valence-corrected chi connectivity index (χ0v) is 10.5. The van der Waals surface area contributed by atoms with Crippen molar-refractivity contribution in [3.05, 3.63) is 35.9 Å². The Morgan fingerprint density at radius 2 is 1.81 bits per heavy atom. The molecule has 1 saturated heterocycles. The predicted molar refractivity (Wildman–Crippen MR) is 69.4 cm³/mol. The standard InChI is InChI=1S/C15H23N/c1-3-15(14-7-5-4-6-8-14)16-11-9-13(2)10-12-16/h4-8,13,15H,3,9-12H2,1-2H3. The molecule has 1 nitrogen and oxygen atoms in total. The van der Waals surface area contributed by atoms with Gasteiger partial charge in [-0.15, -0.1) is 0 Å². The Hall–Kier alpha value is -0.820. The molecule has 88 valence electrons. The summed E-state index contributed by atoms with van der Waals surface area (Å²) in [5.74, 6) is 0.921. The monoisotopic (exact) mass is 217 g/mol. The first kappa shape index (κ1) is 11.7. The first-order valence-corrected chi connectivity index (χ1v) is 6.60. The molecule has 0 bridgehead atoms. The molecule has 2 rings (SSSR count). The van der Waals surface area contributed by atoms with Crippen molar-refractivity contribution < 1.29 is 0 Å². The summed E-state index contributed by atoms with van der Waals surface area (Å²) in [6, 6.07) is 11.6. The third-order valence-electron chi connectivity index (χ3n) is 3.83. The summed E-state index contributed by atoms with van der Waals surface area (Å²) in [6.45, 7) is 7.22. The molecule has 1 atom stereocenters. The largest absolute Gasteiger partial charge is 0.296 e. The second-order valence-corrected chi connectivity index (χ2v) is 5.05. The van der Waals surface area contributed by atoms with E-state index >= 15 is 0 Å². The quantitative estimate of drug-likeness (QED) is 0.743. The number of piperidine rings is 1. The van der Waals surface area contributed by atoms with Crippen molar-refractivity contribution in [1.82, 2.24) is 4.90 Å². The van der Waals surface area contributed by atoms with Crippen molar-refractivity contribution in [2.45, 2.75) is 39.2 Å². The van der Waals surface area contributed by atoms with Gasteiger partial charge in [0, 0.05) is 6.04 Å². The van der Waals surface area contributed by atoms with Gasteiger partial charge in [0.25, 0.3) is 0 Å². The molecule has 0 saturated carbocycles. The van der Waals surface area contributed by atoms with Gasteiger partial charge in [0.1, 0.15) is 0 Å². The second-order valence-electron chi connectivity index (χ2n) is 5.05. The van der Waals surface area contributed by atoms with Gasteiger partial charge in [-0.05, 0) is 43.8 Å². The lowest BCUT2D eigenvalue weighted by Crippen LogP contribution is -2.35. The topological polar surface area (TPSA) is 3.24 Å². The summed E-state index contributed by atoms with van der Waals surface area (Å²) in [4.78, 5) is 2.66.